The average Bonchev–Trinajstić information content (AvgIpc) is 2.90. The van der Waals surface area contributed by atoms with Gasteiger partial charge in [0.15, 0.2) is 5.15 Å². The molecular formula is C18H18Cl2N4O3. The number of aromatic nitrogens is 2. The number of rotatable bonds is 3. The summed E-state index contributed by atoms with van der Waals surface area (Å²) >= 11 is 12.1. The van der Waals surface area contributed by atoms with Gasteiger partial charge in [-0.1, -0.05) is 35.0 Å². The highest BCUT2D eigenvalue weighted by atomic mass is 35.5. The van der Waals surface area contributed by atoms with E-state index < -0.39 is 24.2 Å². The SMILES string of the molecule is Nc1nc(Cl)c(C#Cc2ccc(Cl)cc2)c(N[C@@H]2C[C@H](CO)[C@@H](O)[C@H]2O)n1. The number of nitrogens with zero attached hydrogens (tertiary/aromatic N) is 2. The molecule has 0 amide bonds. The minimum atomic E-state index is -1.07. The molecule has 0 saturated heterocycles. The van der Waals surface area contributed by atoms with Gasteiger partial charge in [0.05, 0.1) is 12.1 Å². The fourth-order valence-electron chi connectivity index (χ4n) is 2.96. The number of anilines is 2. The lowest BCUT2D eigenvalue weighted by molar-refractivity contribution is 0.00445. The fourth-order valence-corrected chi connectivity index (χ4v) is 3.31. The summed E-state index contributed by atoms with van der Waals surface area (Å²) in [6.45, 7) is -0.230. The van der Waals surface area contributed by atoms with Crippen molar-refractivity contribution in [3.63, 3.8) is 0 Å². The van der Waals surface area contributed by atoms with Gasteiger partial charge in [-0.3, -0.25) is 0 Å². The number of nitrogens with two attached hydrogens (primary N) is 1. The number of nitrogens with one attached hydrogen (secondary N) is 1. The van der Waals surface area contributed by atoms with E-state index in [1.165, 1.54) is 0 Å². The van der Waals surface area contributed by atoms with Crippen molar-refractivity contribution in [3.8, 4) is 11.8 Å². The molecule has 1 aromatic heterocycles. The van der Waals surface area contributed by atoms with Gasteiger partial charge in [-0.25, -0.2) is 0 Å². The second-order valence-electron chi connectivity index (χ2n) is 6.26. The quantitative estimate of drug-likeness (QED) is 0.382. The first kappa shape index (κ1) is 19.7. The van der Waals surface area contributed by atoms with Crippen LogP contribution in [0.3, 0.4) is 0 Å². The zero-order chi connectivity index (χ0) is 19.6. The highest BCUT2D eigenvalue weighted by molar-refractivity contribution is 6.31. The number of nitrogen functional groups attached to an aromatic ring is 1. The van der Waals surface area contributed by atoms with E-state index in [0.29, 0.717) is 17.0 Å². The van der Waals surface area contributed by atoms with Crippen LogP contribution < -0.4 is 11.1 Å². The van der Waals surface area contributed by atoms with E-state index in [-0.39, 0.29) is 23.5 Å². The molecule has 1 aliphatic carbocycles. The fraction of sp³-hybridized carbons (Fsp3) is 0.333. The summed E-state index contributed by atoms with van der Waals surface area (Å²) < 4.78 is 0. The van der Waals surface area contributed by atoms with E-state index in [9.17, 15) is 15.3 Å². The molecule has 2 aromatic rings. The molecule has 1 aromatic carbocycles. The maximum absolute atomic E-state index is 10.2. The molecule has 0 spiro atoms. The van der Waals surface area contributed by atoms with E-state index in [2.05, 4.69) is 27.1 Å². The van der Waals surface area contributed by atoms with Crippen molar-refractivity contribution in [1.82, 2.24) is 9.97 Å². The smallest absolute Gasteiger partial charge is 0.223 e. The van der Waals surface area contributed by atoms with Gasteiger partial charge in [-0.15, -0.1) is 0 Å². The van der Waals surface area contributed by atoms with E-state index in [1.54, 1.807) is 24.3 Å². The van der Waals surface area contributed by atoms with Crippen molar-refractivity contribution in [3.05, 3.63) is 45.6 Å². The summed E-state index contributed by atoms with van der Waals surface area (Å²) in [6.07, 6.45) is -1.76. The van der Waals surface area contributed by atoms with Crippen LogP contribution >= 0.6 is 23.2 Å². The molecule has 1 aliphatic rings. The van der Waals surface area contributed by atoms with Gasteiger partial charge < -0.3 is 26.4 Å². The molecule has 7 nitrogen and oxygen atoms in total. The first-order chi connectivity index (χ1) is 12.9. The van der Waals surface area contributed by atoms with Crippen LogP contribution in [0.25, 0.3) is 0 Å². The molecule has 1 fully saturated rings. The van der Waals surface area contributed by atoms with Crippen molar-refractivity contribution < 1.29 is 15.3 Å². The lowest BCUT2D eigenvalue weighted by Gasteiger charge is -2.19. The largest absolute Gasteiger partial charge is 0.396 e. The van der Waals surface area contributed by atoms with Gasteiger partial charge in [0.1, 0.15) is 17.5 Å². The summed E-state index contributed by atoms with van der Waals surface area (Å²) in [5, 5.41) is 33.2. The Morgan fingerprint density at radius 3 is 2.44 bits per heavy atom. The minimum absolute atomic E-state index is 0.0497. The number of aliphatic hydroxyl groups excluding tert-OH is 3. The van der Waals surface area contributed by atoms with Crippen molar-refractivity contribution in [2.45, 2.75) is 24.7 Å². The number of benzene rings is 1. The zero-order valence-corrected chi connectivity index (χ0v) is 15.6. The van der Waals surface area contributed by atoms with Crippen LogP contribution in [0, 0.1) is 17.8 Å². The molecule has 27 heavy (non-hydrogen) atoms. The normalized spacial score (nSPS) is 24.3. The topological polar surface area (TPSA) is 125 Å². The third-order valence-corrected chi connectivity index (χ3v) is 4.94. The molecule has 6 N–H and O–H groups in total. The van der Waals surface area contributed by atoms with Crippen LogP contribution in [0.2, 0.25) is 10.2 Å². The van der Waals surface area contributed by atoms with Gasteiger partial charge in [0.25, 0.3) is 0 Å². The van der Waals surface area contributed by atoms with Crippen LogP contribution in [0.15, 0.2) is 24.3 Å². The van der Waals surface area contributed by atoms with Crippen LogP contribution in [0.1, 0.15) is 17.5 Å². The third-order valence-electron chi connectivity index (χ3n) is 4.42. The average molecular weight is 409 g/mol. The molecule has 9 heteroatoms. The summed E-state index contributed by atoms with van der Waals surface area (Å²) in [5.74, 6) is 5.63. The third kappa shape index (κ3) is 4.43. The summed E-state index contributed by atoms with van der Waals surface area (Å²) in [5.41, 5.74) is 6.71. The molecule has 3 rings (SSSR count). The highest BCUT2D eigenvalue weighted by Crippen LogP contribution is 2.30. The molecule has 0 aliphatic heterocycles. The summed E-state index contributed by atoms with van der Waals surface area (Å²) in [7, 11) is 0. The molecule has 4 atom stereocenters. The van der Waals surface area contributed by atoms with E-state index >= 15 is 0 Å². The summed E-state index contributed by atoms with van der Waals surface area (Å²) in [4.78, 5) is 8.04. The first-order valence-electron chi connectivity index (χ1n) is 8.23. The Morgan fingerprint density at radius 1 is 1.11 bits per heavy atom. The predicted octanol–water partition coefficient (Wildman–Crippen LogP) is 1.28. The van der Waals surface area contributed by atoms with Crippen molar-refractivity contribution in [2.75, 3.05) is 17.7 Å². The van der Waals surface area contributed by atoms with Crippen molar-refractivity contribution in [2.24, 2.45) is 5.92 Å². The minimum Gasteiger partial charge on any atom is -0.396 e. The van der Waals surface area contributed by atoms with Gasteiger partial charge >= 0.3 is 0 Å². The van der Waals surface area contributed by atoms with Crippen LogP contribution in [0.4, 0.5) is 11.8 Å². The lowest BCUT2D eigenvalue weighted by Crippen LogP contribution is -2.35. The molecule has 1 heterocycles. The maximum atomic E-state index is 10.2. The van der Waals surface area contributed by atoms with E-state index in [1.807, 2.05) is 0 Å². The summed E-state index contributed by atoms with van der Waals surface area (Å²) in [6, 6.07) is 6.42. The number of hydrogen-bond donors (Lipinski definition) is 5. The van der Waals surface area contributed by atoms with E-state index in [4.69, 9.17) is 28.9 Å². The molecule has 1 saturated carbocycles. The Kier molecular flexibility index (Phi) is 6.05. The second kappa shape index (κ2) is 8.30. The van der Waals surface area contributed by atoms with Crippen molar-refractivity contribution >= 4 is 35.0 Å². The maximum Gasteiger partial charge on any atom is 0.223 e. The Labute approximate surface area is 166 Å². The number of hydrogen-bond acceptors (Lipinski definition) is 7. The Morgan fingerprint density at radius 2 is 1.81 bits per heavy atom. The molecule has 0 unspecified atom stereocenters. The van der Waals surface area contributed by atoms with Gasteiger partial charge in [0.2, 0.25) is 5.95 Å². The molecule has 0 radical (unpaired) electrons. The van der Waals surface area contributed by atoms with Gasteiger partial charge in [-0.05, 0) is 30.7 Å². The predicted molar refractivity (Wildman–Crippen MR) is 104 cm³/mol. The standard InChI is InChI=1S/C18H18Cl2N4O3/c19-11-4-1-9(2-5-11)3-6-12-16(20)23-18(21)24-17(12)22-13-7-10(8-25)14(26)15(13)27/h1-2,4-5,10,13-15,25-27H,7-8H2,(H3,21,22,23,24)/t10-,13-,14-,15+/m1/s1. The highest BCUT2D eigenvalue weighted by Gasteiger charge is 2.41. The van der Waals surface area contributed by atoms with Crippen LogP contribution in [-0.4, -0.2) is 50.1 Å². The second-order valence-corrected chi connectivity index (χ2v) is 7.06. The Hall–Kier alpha value is -2.08. The van der Waals surface area contributed by atoms with Gasteiger partial charge in [-0.2, -0.15) is 9.97 Å². The molecule has 142 valence electrons. The molecular weight excluding hydrogens is 391 g/mol. The molecule has 0 bridgehead atoms. The first-order valence-corrected chi connectivity index (χ1v) is 8.98. The van der Waals surface area contributed by atoms with Gasteiger partial charge in [0, 0.05) is 23.1 Å². The number of aliphatic hydroxyl groups is 3. The Balaban J connectivity index is 1.91. The number of halogens is 2. The van der Waals surface area contributed by atoms with Crippen LogP contribution in [-0.2, 0) is 0 Å². The van der Waals surface area contributed by atoms with Crippen molar-refractivity contribution in [1.29, 1.82) is 0 Å². The Bertz CT molecular complexity index is 883. The lowest BCUT2D eigenvalue weighted by atomic mass is 10.1. The zero-order valence-electron chi connectivity index (χ0n) is 14.1. The van der Waals surface area contributed by atoms with E-state index in [0.717, 1.165) is 5.56 Å². The van der Waals surface area contributed by atoms with Crippen LogP contribution in [0.5, 0.6) is 0 Å². The monoisotopic (exact) mass is 408 g/mol.